The molecule has 0 atom stereocenters. The number of fused-ring (bicyclic) bond motifs is 1. The van der Waals surface area contributed by atoms with E-state index in [0.717, 1.165) is 35.4 Å². The van der Waals surface area contributed by atoms with E-state index in [0.29, 0.717) is 6.54 Å². The Morgan fingerprint density at radius 2 is 2.17 bits per heavy atom. The number of nitrogens with one attached hydrogen (secondary N) is 1. The number of aryl methyl sites for hydroxylation is 2. The molecule has 0 aliphatic carbocycles. The molecule has 0 unspecified atom stereocenters. The maximum Gasteiger partial charge on any atom is 0.176 e. The Bertz CT molecular complexity index is 572. The number of carbonyl (C=O) groups is 1. The molecule has 1 aromatic heterocycles. The van der Waals surface area contributed by atoms with Gasteiger partial charge >= 0.3 is 0 Å². The second-order valence-corrected chi connectivity index (χ2v) is 4.35. The van der Waals surface area contributed by atoms with Gasteiger partial charge in [0.05, 0.1) is 17.6 Å². The predicted octanol–water partition coefficient (Wildman–Crippen LogP) is 1.93. The van der Waals surface area contributed by atoms with Gasteiger partial charge in [-0.15, -0.1) is 0 Å². The fourth-order valence-corrected chi connectivity index (χ4v) is 2.08. The minimum absolute atomic E-state index is 0.113. The normalized spacial score (nSPS) is 11.1. The minimum Gasteiger partial charge on any atom is -0.331 e. The zero-order valence-electron chi connectivity index (χ0n) is 11.2. The summed E-state index contributed by atoms with van der Waals surface area (Å²) in [6.45, 7) is 5.26. The first kappa shape index (κ1) is 12.8. The lowest BCUT2D eigenvalue weighted by Crippen LogP contribution is -2.22. The molecule has 1 heterocycles. The largest absolute Gasteiger partial charge is 0.331 e. The summed E-state index contributed by atoms with van der Waals surface area (Å²) in [5, 5.41) is 3.05. The molecular formula is C14H19N3O. The third-order valence-corrected chi connectivity index (χ3v) is 3.15. The van der Waals surface area contributed by atoms with Crippen molar-refractivity contribution in [1.82, 2.24) is 14.9 Å². The zero-order valence-corrected chi connectivity index (χ0v) is 11.2. The van der Waals surface area contributed by atoms with Crippen LogP contribution >= 0.6 is 0 Å². The maximum atomic E-state index is 11.9. The summed E-state index contributed by atoms with van der Waals surface area (Å²) in [5.74, 6) is 1.16. The lowest BCUT2D eigenvalue weighted by Gasteiger charge is -2.02. The average Bonchev–Trinajstić information content (AvgIpc) is 2.72. The first-order valence-electron chi connectivity index (χ1n) is 6.36. The summed E-state index contributed by atoms with van der Waals surface area (Å²) >= 11 is 0. The number of rotatable bonds is 5. The van der Waals surface area contributed by atoms with Gasteiger partial charge in [0.15, 0.2) is 5.78 Å². The number of benzene rings is 1. The number of Topliss-reactive ketones (excluding diaryl/α,β-unsaturated/α-hetero) is 1. The summed E-state index contributed by atoms with van der Waals surface area (Å²) in [4.78, 5) is 16.5. The Kier molecular flexibility index (Phi) is 3.77. The fraction of sp³-hybridized carbons (Fsp3) is 0.429. The van der Waals surface area contributed by atoms with Crippen LogP contribution in [0.15, 0.2) is 18.2 Å². The Morgan fingerprint density at radius 1 is 1.39 bits per heavy atom. The molecule has 0 aliphatic heterocycles. The highest BCUT2D eigenvalue weighted by Crippen LogP contribution is 2.17. The molecule has 1 aromatic carbocycles. The van der Waals surface area contributed by atoms with Crippen LogP contribution < -0.4 is 5.32 Å². The predicted molar refractivity (Wildman–Crippen MR) is 73.0 cm³/mol. The SMILES string of the molecule is CCNCC(=O)c1ccc2c(c1)nc(CC)n2C. The first-order chi connectivity index (χ1) is 8.67. The van der Waals surface area contributed by atoms with Crippen LogP contribution in [0.5, 0.6) is 0 Å². The third-order valence-electron chi connectivity index (χ3n) is 3.15. The number of hydrogen-bond donors (Lipinski definition) is 1. The van der Waals surface area contributed by atoms with Crippen LogP contribution in [-0.4, -0.2) is 28.4 Å². The molecule has 1 N–H and O–H groups in total. The van der Waals surface area contributed by atoms with E-state index in [1.807, 2.05) is 32.2 Å². The van der Waals surface area contributed by atoms with E-state index in [1.54, 1.807) is 0 Å². The molecule has 0 amide bonds. The number of carbonyl (C=O) groups excluding carboxylic acids is 1. The number of hydrogen-bond acceptors (Lipinski definition) is 3. The summed E-state index contributed by atoms with van der Waals surface area (Å²) in [7, 11) is 2.01. The highest BCUT2D eigenvalue weighted by Gasteiger charge is 2.10. The molecular weight excluding hydrogens is 226 g/mol. The van der Waals surface area contributed by atoms with Crippen LogP contribution in [-0.2, 0) is 13.5 Å². The Morgan fingerprint density at radius 3 is 2.83 bits per heavy atom. The van der Waals surface area contributed by atoms with Crippen LogP contribution in [0.3, 0.4) is 0 Å². The van der Waals surface area contributed by atoms with Crippen LogP contribution in [0.1, 0.15) is 30.0 Å². The number of aromatic nitrogens is 2. The van der Waals surface area contributed by atoms with Gasteiger partial charge in [-0.3, -0.25) is 4.79 Å². The molecule has 0 bridgehead atoms. The Labute approximate surface area is 107 Å². The van der Waals surface area contributed by atoms with Gasteiger partial charge in [0, 0.05) is 19.0 Å². The molecule has 0 aliphatic rings. The monoisotopic (exact) mass is 245 g/mol. The van der Waals surface area contributed by atoms with Gasteiger partial charge in [-0.25, -0.2) is 4.98 Å². The van der Waals surface area contributed by atoms with E-state index in [4.69, 9.17) is 0 Å². The topological polar surface area (TPSA) is 46.9 Å². The molecule has 0 saturated heterocycles. The van der Waals surface area contributed by atoms with Crippen molar-refractivity contribution < 1.29 is 4.79 Å². The van der Waals surface area contributed by atoms with E-state index in [-0.39, 0.29) is 5.78 Å². The van der Waals surface area contributed by atoms with Crippen molar-refractivity contribution in [3.8, 4) is 0 Å². The van der Waals surface area contributed by atoms with Crippen molar-refractivity contribution in [3.63, 3.8) is 0 Å². The van der Waals surface area contributed by atoms with E-state index >= 15 is 0 Å². The highest BCUT2D eigenvalue weighted by atomic mass is 16.1. The molecule has 0 radical (unpaired) electrons. The fourth-order valence-electron chi connectivity index (χ4n) is 2.08. The molecule has 0 fully saturated rings. The van der Waals surface area contributed by atoms with Crippen molar-refractivity contribution in [3.05, 3.63) is 29.6 Å². The number of nitrogens with zero attached hydrogens (tertiary/aromatic N) is 2. The first-order valence-corrected chi connectivity index (χ1v) is 6.36. The maximum absolute atomic E-state index is 11.9. The van der Waals surface area contributed by atoms with E-state index in [9.17, 15) is 4.79 Å². The number of imidazole rings is 1. The molecule has 2 aromatic rings. The molecule has 18 heavy (non-hydrogen) atoms. The van der Waals surface area contributed by atoms with Crippen molar-refractivity contribution in [2.45, 2.75) is 20.3 Å². The van der Waals surface area contributed by atoms with Crippen molar-refractivity contribution in [2.24, 2.45) is 7.05 Å². The number of likely N-dealkylation sites (N-methyl/N-ethyl adjacent to an activating group) is 1. The van der Waals surface area contributed by atoms with Gasteiger partial charge in [-0.05, 0) is 24.7 Å². The second-order valence-electron chi connectivity index (χ2n) is 4.35. The molecule has 2 rings (SSSR count). The van der Waals surface area contributed by atoms with Gasteiger partial charge < -0.3 is 9.88 Å². The van der Waals surface area contributed by atoms with Crippen LogP contribution in [0.4, 0.5) is 0 Å². The van der Waals surface area contributed by atoms with Gasteiger partial charge in [0.25, 0.3) is 0 Å². The van der Waals surface area contributed by atoms with Crippen LogP contribution in [0.2, 0.25) is 0 Å². The lowest BCUT2D eigenvalue weighted by molar-refractivity contribution is 0.0992. The van der Waals surface area contributed by atoms with E-state index in [2.05, 4.69) is 21.8 Å². The van der Waals surface area contributed by atoms with E-state index in [1.165, 1.54) is 0 Å². The van der Waals surface area contributed by atoms with Gasteiger partial charge in [-0.1, -0.05) is 13.8 Å². The average molecular weight is 245 g/mol. The quantitative estimate of drug-likeness (QED) is 0.819. The van der Waals surface area contributed by atoms with E-state index < -0.39 is 0 Å². The second kappa shape index (κ2) is 5.31. The standard InChI is InChI=1S/C14H19N3O/c1-4-14-16-11-8-10(13(18)9-15-5-2)6-7-12(11)17(14)3/h6-8,15H,4-5,9H2,1-3H3. The van der Waals surface area contributed by atoms with Gasteiger partial charge in [0.2, 0.25) is 0 Å². The van der Waals surface area contributed by atoms with Gasteiger partial charge in [0.1, 0.15) is 5.82 Å². The number of ketones is 1. The summed E-state index contributed by atoms with van der Waals surface area (Å²) in [6, 6.07) is 5.73. The molecule has 96 valence electrons. The van der Waals surface area contributed by atoms with Gasteiger partial charge in [-0.2, -0.15) is 0 Å². The lowest BCUT2D eigenvalue weighted by atomic mass is 10.1. The minimum atomic E-state index is 0.113. The summed E-state index contributed by atoms with van der Waals surface area (Å²) in [6.07, 6.45) is 0.895. The molecule has 4 heteroatoms. The Balaban J connectivity index is 2.35. The zero-order chi connectivity index (χ0) is 13.1. The van der Waals surface area contributed by atoms with Crippen molar-refractivity contribution in [2.75, 3.05) is 13.1 Å². The Hall–Kier alpha value is -1.68. The molecule has 4 nitrogen and oxygen atoms in total. The van der Waals surface area contributed by atoms with Crippen molar-refractivity contribution in [1.29, 1.82) is 0 Å². The summed E-state index contributed by atoms with van der Waals surface area (Å²) in [5.41, 5.74) is 2.70. The van der Waals surface area contributed by atoms with Crippen LogP contribution in [0, 0.1) is 0 Å². The molecule has 0 spiro atoms. The smallest absolute Gasteiger partial charge is 0.176 e. The van der Waals surface area contributed by atoms with Crippen LogP contribution in [0.25, 0.3) is 11.0 Å². The highest BCUT2D eigenvalue weighted by molar-refractivity contribution is 6.00. The third kappa shape index (κ3) is 2.29. The molecule has 0 saturated carbocycles. The van der Waals surface area contributed by atoms with Crippen molar-refractivity contribution >= 4 is 16.8 Å². The summed E-state index contributed by atoms with van der Waals surface area (Å²) < 4.78 is 2.08.